The molecular formula is C25H20O7. The Morgan fingerprint density at radius 2 is 1.69 bits per heavy atom. The third-order valence-electron chi connectivity index (χ3n) is 4.83. The van der Waals surface area contributed by atoms with Gasteiger partial charge in [0.05, 0.1) is 11.1 Å². The van der Waals surface area contributed by atoms with E-state index in [1.165, 1.54) is 42.5 Å². The lowest BCUT2D eigenvalue weighted by Crippen LogP contribution is -2.24. The maximum absolute atomic E-state index is 12.7. The monoisotopic (exact) mass is 432 g/mol. The molecule has 0 saturated carbocycles. The number of carbonyl (C=O) groups is 2. The van der Waals surface area contributed by atoms with Crippen LogP contribution in [0.3, 0.4) is 0 Å². The van der Waals surface area contributed by atoms with Crippen LogP contribution in [0, 0.1) is 0 Å². The van der Waals surface area contributed by atoms with Gasteiger partial charge in [0.1, 0.15) is 22.7 Å². The average molecular weight is 432 g/mol. The second-order valence-electron chi connectivity index (χ2n) is 8.38. The fraction of sp³-hybridized carbons (Fsp3) is 0.160. The van der Waals surface area contributed by atoms with Crippen LogP contribution in [0.2, 0.25) is 0 Å². The van der Waals surface area contributed by atoms with E-state index in [4.69, 9.17) is 9.15 Å². The number of rotatable bonds is 3. The summed E-state index contributed by atoms with van der Waals surface area (Å²) in [6.45, 7) is 5.22. The Hall–Kier alpha value is -4.13. The molecule has 0 saturated heterocycles. The van der Waals surface area contributed by atoms with Gasteiger partial charge in [0.2, 0.25) is 0 Å². The molecule has 2 aromatic carbocycles. The summed E-state index contributed by atoms with van der Waals surface area (Å²) in [5.41, 5.74) is 0.610. The van der Waals surface area contributed by atoms with Crippen molar-refractivity contribution in [3.05, 3.63) is 75.9 Å². The molecule has 2 N–H and O–H groups in total. The van der Waals surface area contributed by atoms with Gasteiger partial charge in [-0.05, 0) is 68.8 Å². The topological polar surface area (TPSA) is 114 Å². The van der Waals surface area contributed by atoms with Crippen molar-refractivity contribution in [2.24, 2.45) is 0 Å². The number of ether oxygens (including phenoxy) is 1. The Balaban J connectivity index is 2.08. The van der Waals surface area contributed by atoms with Crippen LogP contribution >= 0.6 is 0 Å². The van der Waals surface area contributed by atoms with Gasteiger partial charge in [-0.25, -0.2) is 9.59 Å². The largest absolute Gasteiger partial charge is 0.508 e. The van der Waals surface area contributed by atoms with Crippen molar-refractivity contribution in [3.63, 3.8) is 0 Å². The van der Waals surface area contributed by atoms with Crippen molar-refractivity contribution in [1.29, 1.82) is 0 Å². The summed E-state index contributed by atoms with van der Waals surface area (Å²) in [6.07, 6.45) is 0. The molecule has 0 bridgehead atoms. The highest BCUT2D eigenvalue weighted by Crippen LogP contribution is 2.42. The molecule has 0 aromatic heterocycles. The smallest absolute Gasteiger partial charge is 0.338 e. The number of benzene rings is 3. The lowest BCUT2D eigenvalue weighted by atomic mass is 9.89. The number of carboxylic acids is 1. The van der Waals surface area contributed by atoms with E-state index in [-0.39, 0.29) is 39.2 Å². The third kappa shape index (κ3) is 3.92. The van der Waals surface area contributed by atoms with Crippen LogP contribution in [-0.2, 0) is 4.74 Å². The standard InChI is InChI=1S/C25H20O7/c1-25(2,3)32-24(30)13-4-7-16(23(28)29)19(10-13)22-17-8-5-14(26)11-20(17)31-21-12-15(27)6-9-18(21)22/h4-12,26H,1-3H3,(H,28,29). The van der Waals surface area contributed by atoms with Crippen molar-refractivity contribution in [2.75, 3.05) is 0 Å². The molecule has 2 aliphatic rings. The van der Waals surface area contributed by atoms with Crippen LogP contribution in [0.25, 0.3) is 33.4 Å². The first-order valence-corrected chi connectivity index (χ1v) is 9.84. The minimum atomic E-state index is -1.18. The van der Waals surface area contributed by atoms with Crippen molar-refractivity contribution in [2.45, 2.75) is 26.4 Å². The Morgan fingerprint density at radius 1 is 0.938 bits per heavy atom. The maximum atomic E-state index is 12.7. The average Bonchev–Trinajstić information content (AvgIpc) is 2.70. The lowest BCUT2D eigenvalue weighted by Gasteiger charge is -2.21. The summed E-state index contributed by atoms with van der Waals surface area (Å²) >= 11 is 0. The van der Waals surface area contributed by atoms with Gasteiger partial charge in [0, 0.05) is 28.6 Å². The number of carboxylic acid groups (broad SMARTS) is 1. The van der Waals surface area contributed by atoms with Gasteiger partial charge >= 0.3 is 11.9 Å². The fourth-order valence-corrected chi connectivity index (χ4v) is 3.55. The molecule has 7 nitrogen and oxygen atoms in total. The number of fused-ring (bicyclic) bond motifs is 2. The Labute approximate surface area is 182 Å². The first-order valence-electron chi connectivity index (χ1n) is 9.84. The lowest BCUT2D eigenvalue weighted by molar-refractivity contribution is 0.00691. The molecule has 0 spiro atoms. The van der Waals surface area contributed by atoms with E-state index in [9.17, 15) is 24.6 Å². The van der Waals surface area contributed by atoms with E-state index in [2.05, 4.69) is 0 Å². The Morgan fingerprint density at radius 3 is 2.38 bits per heavy atom. The summed E-state index contributed by atoms with van der Waals surface area (Å²) in [7, 11) is 0. The highest BCUT2D eigenvalue weighted by atomic mass is 16.6. The van der Waals surface area contributed by atoms with Gasteiger partial charge in [-0.1, -0.05) is 0 Å². The van der Waals surface area contributed by atoms with Crippen LogP contribution in [0.5, 0.6) is 5.75 Å². The van der Waals surface area contributed by atoms with Gasteiger partial charge in [0.25, 0.3) is 0 Å². The van der Waals surface area contributed by atoms with Gasteiger partial charge in [-0.2, -0.15) is 0 Å². The summed E-state index contributed by atoms with van der Waals surface area (Å²) in [6, 6.07) is 12.8. The normalized spacial score (nSPS) is 11.6. The first kappa shape index (κ1) is 21.1. The zero-order valence-electron chi connectivity index (χ0n) is 17.6. The predicted octanol–water partition coefficient (Wildman–Crippen LogP) is 4.92. The van der Waals surface area contributed by atoms with Crippen LogP contribution < -0.4 is 5.43 Å². The Bertz CT molecular complexity index is 1410. The van der Waals surface area contributed by atoms with Crippen molar-refractivity contribution in [1.82, 2.24) is 0 Å². The van der Waals surface area contributed by atoms with Crippen molar-refractivity contribution >= 4 is 22.9 Å². The molecule has 0 atom stereocenters. The van der Waals surface area contributed by atoms with Crippen LogP contribution in [0.4, 0.5) is 0 Å². The number of hydrogen-bond acceptors (Lipinski definition) is 6. The second kappa shape index (κ2) is 7.53. The molecule has 1 heterocycles. The zero-order chi connectivity index (χ0) is 23.2. The molecule has 0 unspecified atom stereocenters. The van der Waals surface area contributed by atoms with E-state index in [0.717, 1.165) is 0 Å². The molecule has 1 aliphatic carbocycles. The minimum absolute atomic E-state index is 0.0367. The maximum Gasteiger partial charge on any atom is 0.338 e. The first-order chi connectivity index (χ1) is 15.0. The number of phenolic OH excluding ortho intramolecular Hbond substituents is 1. The number of carbonyl (C=O) groups excluding carboxylic acids is 1. The molecular weight excluding hydrogens is 412 g/mol. The van der Waals surface area contributed by atoms with E-state index >= 15 is 0 Å². The number of hydrogen-bond donors (Lipinski definition) is 2. The molecule has 162 valence electrons. The number of aromatic carboxylic acids is 1. The van der Waals surface area contributed by atoms with E-state index in [0.29, 0.717) is 16.5 Å². The van der Waals surface area contributed by atoms with E-state index < -0.39 is 17.5 Å². The fourth-order valence-electron chi connectivity index (χ4n) is 3.55. The third-order valence-corrected chi connectivity index (χ3v) is 4.83. The summed E-state index contributed by atoms with van der Waals surface area (Å²) < 4.78 is 11.3. The summed E-state index contributed by atoms with van der Waals surface area (Å²) in [4.78, 5) is 36.7. The van der Waals surface area contributed by atoms with Gasteiger partial charge < -0.3 is 19.4 Å². The van der Waals surface area contributed by atoms with Crippen molar-refractivity contribution < 1.29 is 29.0 Å². The molecule has 32 heavy (non-hydrogen) atoms. The van der Waals surface area contributed by atoms with Gasteiger partial charge in [0.15, 0.2) is 5.43 Å². The minimum Gasteiger partial charge on any atom is -0.508 e. The quantitative estimate of drug-likeness (QED) is 0.349. The summed E-state index contributed by atoms with van der Waals surface area (Å²) in [5.74, 6) is -1.60. The predicted molar refractivity (Wildman–Crippen MR) is 118 cm³/mol. The van der Waals surface area contributed by atoms with Gasteiger partial charge in [-0.15, -0.1) is 0 Å². The van der Waals surface area contributed by atoms with E-state index in [1.807, 2.05) is 0 Å². The Kier molecular flexibility index (Phi) is 4.97. The number of phenols is 1. The highest BCUT2D eigenvalue weighted by molar-refractivity contribution is 6.08. The highest BCUT2D eigenvalue weighted by Gasteiger charge is 2.25. The molecule has 0 fully saturated rings. The molecule has 1 aliphatic heterocycles. The molecule has 4 rings (SSSR count). The van der Waals surface area contributed by atoms with Crippen LogP contribution in [0.1, 0.15) is 41.5 Å². The molecule has 0 amide bonds. The van der Waals surface area contributed by atoms with Gasteiger partial charge in [-0.3, -0.25) is 4.79 Å². The van der Waals surface area contributed by atoms with E-state index in [1.54, 1.807) is 32.9 Å². The number of aromatic hydroxyl groups is 1. The zero-order valence-corrected chi connectivity index (χ0v) is 17.6. The molecule has 7 heteroatoms. The van der Waals surface area contributed by atoms with Crippen LogP contribution in [-0.4, -0.2) is 27.8 Å². The summed E-state index contributed by atoms with van der Waals surface area (Å²) in [5, 5.41) is 20.3. The number of esters is 1. The molecule has 0 radical (unpaired) electrons. The van der Waals surface area contributed by atoms with Crippen molar-refractivity contribution in [3.8, 4) is 28.2 Å². The SMILES string of the molecule is CC(C)(C)OC(=O)c1ccc(C(=O)O)c(-c2c3ccc(=O)cc-3oc3cc(O)ccc23)c1. The molecule has 2 aromatic rings. The second-order valence-corrected chi connectivity index (χ2v) is 8.38. The van der Waals surface area contributed by atoms with Crippen LogP contribution in [0.15, 0.2) is 63.8 Å².